The van der Waals surface area contributed by atoms with Crippen LogP contribution in [0.3, 0.4) is 0 Å². The number of benzene rings is 1. The molecule has 1 aliphatic rings. The van der Waals surface area contributed by atoms with Crippen LogP contribution in [0.25, 0.3) is 0 Å². The number of carboxylic acids is 1. The Morgan fingerprint density at radius 2 is 2.15 bits per heavy atom. The molecule has 68 valence electrons. The summed E-state index contributed by atoms with van der Waals surface area (Å²) in [6, 6.07) is 7.47. The third-order valence-electron chi connectivity index (χ3n) is 2.37. The number of carbonyl (C=O) groups is 1. The lowest BCUT2D eigenvalue weighted by molar-refractivity contribution is -0.136. The van der Waals surface area contributed by atoms with Crippen molar-refractivity contribution in [1.29, 1.82) is 0 Å². The standard InChI is InChI=1S/C10H11NO2/c1-6-4-2-3-5-7(6)8-9(11-8)10(12)13/h2-5,8-9,11H,1H3,(H,12,13)/t8-,9+/m1/s1. The summed E-state index contributed by atoms with van der Waals surface area (Å²) in [5.41, 5.74) is 2.23. The molecule has 0 aliphatic carbocycles. The van der Waals surface area contributed by atoms with E-state index in [0.29, 0.717) is 0 Å². The van der Waals surface area contributed by atoms with Gasteiger partial charge in [0.15, 0.2) is 0 Å². The maximum Gasteiger partial charge on any atom is 0.322 e. The zero-order valence-corrected chi connectivity index (χ0v) is 7.32. The SMILES string of the molecule is Cc1ccccc1[C@H]1N[C@@H]1C(=O)O. The molecule has 2 rings (SSSR count). The van der Waals surface area contributed by atoms with Crippen LogP contribution < -0.4 is 5.32 Å². The quantitative estimate of drug-likeness (QED) is 0.665. The molecule has 13 heavy (non-hydrogen) atoms. The van der Waals surface area contributed by atoms with Crippen molar-refractivity contribution in [2.45, 2.75) is 19.0 Å². The van der Waals surface area contributed by atoms with E-state index >= 15 is 0 Å². The maximum absolute atomic E-state index is 10.6. The first-order chi connectivity index (χ1) is 6.20. The van der Waals surface area contributed by atoms with E-state index in [0.717, 1.165) is 11.1 Å². The highest BCUT2D eigenvalue weighted by Gasteiger charge is 2.43. The average Bonchev–Trinajstić information content (AvgIpc) is 2.84. The predicted molar refractivity (Wildman–Crippen MR) is 48.5 cm³/mol. The zero-order chi connectivity index (χ0) is 9.42. The van der Waals surface area contributed by atoms with E-state index in [1.165, 1.54) is 0 Å². The fourth-order valence-corrected chi connectivity index (χ4v) is 1.56. The van der Waals surface area contributed by atoms with Gasteiger partial charge in [0, 0.05) is 0 Å². The molecule has 1 aromatic rings. The number of aryl methyl sites for hydroxylation is 1. The Kier molecular flexibility index (Phi) is 1.81. The Labute approximate surface area is 76.4 Å². The predicted octanol–water partition coefficient (Wildman–Crippen LogP) is 1.09. The molecular formula is C10H11NO2. The minimum Gasteiger partial charge on any atom is -0.480 e. The lowest BCUT2D eigenvalue weighted by Crippen LogP contribution is -2.07. The zero-order valence-electron chi connectivity index (χ0n) is 7.32. The Morgan fingerprint density at radius 3 is 2.69 bits per heavy atom. The smallest absolute Gasteiger partial charge is 0.322 e. The second-order valence-corrected chi connectivity index (χ2v) is 3.32. The van der Waals surface area contributed by atoms with Gasteiger partial charge in [-0.3, -0.25) is 10.1 Å². The first-order valence-electron chi connectivity index (χ1n) is 4.24. The topological polar surface area (TPSA) is 59.2 Å². The van der Waals surface area contributed by atoms with E-state index in [4.69, 9.17) is 5.11 Å². The van der Waals surface area contributed by atoms with Crippen molar-refractivity contribution in [3.63, 3.8) is 0 Å². The van der Waals surface area contributed by atoms with Crippen LogP contribution in [0.5, 0.6) is 0 Å². The molecule has 1 aliphatic heterocycles. The Bertz CT molecular complexity index is 349. The van der Waals surface area contributed by atoms with Crippen LogP contribution in [-0.2, 0) is 4.79 Å². The molecule has 3 nitrogen and oxygen atoms in total. The first-order valence-corrected chi connectivity index (χ1v) is 4.24. The van der Waals surface area contributed by atoms with Crippen molar-refractivity contribution in [2.75, 3.05) is 0 Å². The monoisotopic (exact) mass is 177 g/mol. The van der Waals surface area contributed by atoms with Crippen molar-refractivity contribution in [3.8, 4) is 0 Å². The number of hydrogen-bond acceptors (Lipinski definition) is 2. The van der Waals surface area contributed by atoms with Crippen LogP contribution >= 0.6 is 0 Å². The van der Waals surface area contributed by atoms with Gasteiger partial charge in [0.25, 0.3) is 0 Å². The molecule has 0 saturated carbocycles. The van der Waals surface area contributed by atoms with E-state index in [1.807, 2.05) is 31.2 Å². The van der Waals surface area contributed by atoms with Crippen LogP contribution in [0.1, 0.15) is 17.2 Å². The number of hydrogen-bond donors (Lipinski definition) is 2. The summed E-state index contributed by atoms with van der Waals surface area (Å²) in [6.45, 7) is 1.99. The molecule has 2 N–H and O–H groups in total. The number of rotatable bonds is 2. The van der Waals surface area contributed by atoms with Crippen LogP contribution in [-0.4, -0.2) is 17.1 Å². The highest BCUT2D eigenvalue weighted by molar-refractivity contribution is 5.78. The molecule has 0 spiro atoms. The highest BCUT2D eigenvalue weighted by Crippen LogP contribution is 2.31. The fraction of sp³-hybridized carbons (Fsp3) is 0.300. The number of carboxylic acid groups (broad SMARTS) is 1. The highest BCUT2D eigenvalue weighted by atomic mass is 16.4. The normalized spacial score (nSPS) is 25.6. The van der Waals surface area contributed by atoms with Gasteiger partial charge >= 0.3 is 5.97 Å². The molecule has 2 atom stereocenters. The van der Waals surface area contributed by atoms with Crippen LogP contribution in [0.4, 0.5) is 0 Å². The Hall–Kier alpha value is -1.35. The molecule has 1 fully saturated rings. The van der Waals surface area contributed by atoms with Crippen LogP contribution in [0.15, 0.2) is 24.3 Å². The van der Waals surface area contributed by atoms with E-state index in [2.05, 4.69) is 5.32 Å². The summed E-state index contributed by atoms with van der Waals surface area (Å²) in [5.74, 6) is -0.770. The molecule has 3 heteroatoms. The van der Waals surface area contributed by atoms with E-state index in [-0.39, 0.29) is 12.1 Å². The minimum atomic E-state index is -0.770. The Morgan fingerprint density at radius 1 is 1.46 bits per heavy atom. The molecule has 1 aromatic carbocycles. The summed E-state index contributed by atoms with van der Waals surface area (Å²) in [4.78, 5) is 10.6. The molecular weight excluding hydrogens is 166 g/mol. The van der Waals surface area contributed by atoms with E-state index in [9.17, 15) is 4.79 Å². The van der Waals surface area contributed by atoms with Gasteiger partial charge in [-0.05, 0) is 18.1 Å². The molecule has 0 radical (unpaired) electrons. The minimum absolute atomic E-state index is 0.0127. The number of nitrogens with one attached hydrogen (secondary N) is 1. The van der Waals surface area contributed by atoms with Crippen molar-refractivity contribution >= 4 is 5.97 Å². The maximum atomic E-state index is 10.6. The molecule has 1 heterocycles. The molecule has 0 bridgehead atoms. The second kappa shape index (κ2) is 2.85. The van der Waals surface area contributed by atoms with Gasteiger partial charge in [-0.15, -0.1) is 0 Å². The summed E-state index contributed by atoms with van der Waals surface area (Å²) in [6.07, 6.45) is 0. The molecule has 0 unspecified atom stereocenters. The third-order valence-corrected chi connectivity index (χ3v) is 2.37. The summed E-state index contributed by atoms with van der Waals surface area (Å²) in [7, 11) is 0. The van der Waals surface area contributed by atoms with Crippen molar-refractivity contribution in [3.05, 3.63) is 35.4 Å². The van der Waals surface area contributed by atoms with Crippen molar-refractivity contribution in [2.24, 2.45) is 0 Å². The fourth-order valence-electron chi connectivity index (χ4n) is 1.56. The van der Waals surface area contributed by atoms with Gasteiger partial charge in [0.1, 0.15) is 6.04 Å². The summed E-state index contributed by atoms with van der Waals surface area (Å²) < 4.78 is 0. The van der Waals surface area contributed by atoms with Gasteiger partial charge in [-0.1, -0.05) is 24.3 Å². The largest absolute Gasteiger partial charge is 0.480 e. The summed E-state index contributed by atoms with van der Waals surface area (Å²) >= 11 is 0. The summed E-state index contributed by atoms with van der Waals surface area (Å²) in [5, 5.41) is 11.6. The first kappa shape index (κ1) is 8.26. The van der Waals surface area contributed by atoms with Crippen molar-refractivity contribution in [1.82, 2.24) is 5.32 Å². The molecule has 0 amide bonds. The van der Waals surface area contributed by atoms with Crippen molar-refractivity contribution < 1.29 is 9.90 Å². The van der Waals surface area contributed by atoms with Gasteiger partial charge in [0.2, 0.25) is 0 Å². The van der Waals surface area contributed by atoms with Crippen LogP contribution in [0.2, 0.25) is 0 Å². The van der Waals surface area contributed by atoms with Gasteiger partial charge in [-0.2, -0.15) is 0 Å². The second-order valence-electron chi connectivity index (χ2n) is 3.32. The van der Waals surface area contributed by atoms with Crippen LogP contribution in [0, 0.1) is 6.92 Å². The van der Waals surface area contributed by atoms with E-state index < -0.39 is 5.97 Å². The van der Waals surface area contributed by atoms with Gasteiger partial charge in [0.05, 0.1) is 6.04 Å². The number of aliphatic carboxylic acids is 1. The lowest BCUT2D eigenvalue weighted by atomic mass is 10.0. The molecule has 0 aromatic heterocycles. The van der Waals surface area contributed by atoms with Gasteiger partial charge in [-0.25, -0.2) is 0 Å². The molecule has 1 saturated heterocycles. The third kappa shape index (κ3) is 1.42. The Balaban J connectivity index is 2.21. The van der Waals surface area contributed by atoms with E-state index in [1.54, 1.807) is 0 Å². The average molecular weight is 177 g/mol. The lowest BCUT2D eigenvalue weighted by Gasteiger charge is -2.00. The van der Waals surface area contributed by atoms with Gasteiger partial charge < -0.3 is 5.11 Å².